The number of esters is 1. The number of nitrogens with zero attached hydrogens (tertiary/aromatic N) is 1. The Labute approximate surface area is 127 Å². The van der Waals surface area contributed by atoms with Crippen LogP contribution in [0, 0.1) is 12.8 Å². The Hall–Kier alpha value is -1.69. The van der Waals surface area contributed by atoms with E-state index in [1.54, 1.807) is 6.92 Å². The molecule has 2 rings (SSSR count). The summed E-state index contributed by atoms with van der Waals surface area (Å²) in [4.78, 5) is 32.6. The lowest BCUT2D eigenvalue weighted by atomic mass is 10.2. The zero-order valence-electron chi connectivity index (χ0n) is 12.8. The number of hydrogen-bond donors (Lipinski definition) is 1. The summed E-state index contributed by atoms with van der Waals surface area (Å²) in [6.07, 6.45) is 1.62. The van der Waals surface area contributed by atoms with Gasteiger partial charge in [-0.05, 0) is 24.8 Å². The second kappa shape index (κ2) is 6.39. The zero-order chi connectivity index (χ0) is 15.6. The fraction of sp³-hybridized carbons (Fsp3) is 0.533. The molecule has 0 spiro atoms. The highest BCUT2D eigenvalue weighted by Crippen LogP contribution is 2.27. The van der Waals surface area contributed by atoms with E-state index in [2.05, 4.69) is 9.97 Å². The standard InChI is InChI=1S/C15H20N2O3S/c1-5-6-10-16-13(18)11-9(4)12(21-14(11)17-10)15(19)20-7-8(2)3/h8H,5-7H2,1-4H3,(H,16,17,18). The van der Waals surface area contributed by atoms with Gasteiger partial charge in [0.25, 0.3) is 5.56 Å². The number of rotatable bonds is 5. The van der Waals surface area contributed by atoms with Crippen LogP contribution in [0.15, 0.2) is 4.79 Å². The van der Waals surface area contributed by atoms with Gasteiger partial charge in [0, 0.05) is 6.42 Å². The maximum absolute atomic E-state index is 12.2. The van der Waals surface area contributed by atoms with Crippen molar-refractivity contribution >= 4 is 27.5 Å². The highest BCUT2D eigenvalue weighted by molar-refractivity contribution is 7.20. The largest absolute Gasteiger partial charge is 0.461 e. The van der Waals surface area contributed by atoms with Crippen molar-refractivity contribution in [2.24, 2.45) is 5.92 Å². The first kappa shape index (κ1) is 15.7. The van der Waals surface area contributed by atoms with E-state index in [9.17, 15) is 9.59 Å². The molecule has 114 valence electrons. The Kier molecular flexibility index (Phi) is 4.77. The smallest absolute Gasteiger partial charge is 0.348 e. The van der Waals surface area contributed by atoms with Gasteiger partial charge in [0.05, 0.1) is 12.0 Å². The third-order valence-electron chi connectivity index (χ3n) is 3.07. The van der Waals surface area contributed by atoms with Crippen LogP contribution in [0.2, 0.25) is 0 Å². The average molecular weight is 308 g/mol. The second-order valence-electron chi connectivity index (χ2n) is 5.49. The molecule has 0 unspecified atom stereocenters. The highest BCUT2D eigenvalue weighted by Gasteiger charge is 2.20. The topological polar surface area (TPSA) is 72.0 Å². The molecule has 1 N–H and O–H groups in total. The molecule has 2 aromatic rings. The van der Waals surface area contributed by atoms with Crippen molar-refractivity contribution in [3.05, 3.63) is 26.6 Å². The number of aromatic nitrogens is 2. The van der Waals surface area contributed by atoms with Gasteiger partial charge in [-0.3, -0.25) is 4.79 Å². The van der Waals surface area contributed by atoms with Gasteiger partial charge in [0.15, 0.2) is 0 Å². The maximum Gasteiger partial charge on any atom is 0.348 e. The Morgan fingerprint density at radius 3 is 2.76 bits per heavy atom. The lowest BCUT2D eigenvalue weighted by molar-refractivity contribution is 0.0464. The van der Waals surface area contributed by atoms with Crippen LogP contribution in [0.1, 0.15) is 48.3 Å². The SMILES string of the molecule is CCCc1nc2sc(C(=O)OCC(C)C)c(C)c2c(=O)[nH]1. The maximum atomic E-state index is 12.2. The monoisotopic (exact) mass is 308 g/mol. The Morgan fingerprint density at radius 2 is 2.14 bits per heavy atom. The van der Waals surface area contributed by atoms with Crippen LogP contribution < -0.4 is 5.56 Å². The van der Waals surface area contributed by atoms with Crippen LogP contribution in [-0.4, -0.2) is 22.5 Å². The van der Waals surface area contributed by atoms with Crippen LogP contribution in [-0.2, 0) is 11.2 Å². The summed E-state index contributed by atoms with van der Waals surface area (Å²) in [5, 5.41) is 0.497. The number of carbonyl (C=O) groups excluding carboxylic acids is 1. The van der Waals surface area contributed by atoms with Gasteiger partial charge in [0.1, 0.15) is 15.5 Å². The average Bonchev–Trinajstić information content (AvgIpc) is 2.74. The highest BCUT2D eigenvalue weighted by atomic mass is 32.1. The van der Waals surface area contributed by atoms with Crippen LogP contribution in [0.25, 0.3) is 10.2 Å². The molecule has 0 saturated heterocycles. The van der Waals surface area contributed by atoms with Crippen molar-refractivity contribution in [1.29, 1.82) is 0 Å². The van der Waals surface area contributed by atoms with E-state index < -0.39 is 0 Å². The molecule has 21 heavy (non-hydrogen) atoms. The van der Waals surface area contributed by atoms with E-state index in [1.807, 2.05) is 20.8 Å². The van der Waals surface area contributed by atoms with Crippen LogP contribution in [0.5, 0.6) is 0 Å². The fourth-order valence-corrected chi connectivity index (χ4v) is 3.14. The molecule has 0 aromatic carbocycles. The molecule has 0 saturated carbocycles. The number of fused-ring (bicyclic) bond motifs is 1. The van der Waals surface area contributed by atoms with E-state index in [4.69, 9.17) is 4.74 Å². The third-order valence-corrected chi connectivity index (χ3v) is 4.24. The van der Waals surface area contributed by atoms with E-state index >= 15 is 0 Å². The first-order valence-electron chi connectivity index (χ1n) is 7.13. The van der Waals surface area contributed by atoms with Gasteiger partial charge in [0.2, 0.25) is 0 Å². The van der Waals surface area contributed by atoms with Gasteiger partial charge >= 0.3 is 5.97 Å². The van der Waals surface area contributed by atoms with Crippen LogP contribution >= 0.6 is 11.3 Å². The lowest BCUT2D eigenvalue weighted by Gasteiger charge is -2.05. The predicted molar refractivity (Wildman–Crippen MR) is 84.1 cm³/mol. The van der Waals surface area contributed by atoms with Gasteiger partial charge in [-0.15, -0.1) is 11.3 Å². The van der Waals surface area contributed by atoms with Gasteiger partial charge in [-0.1, -0.05) is 20.8 Å². The summed E-state index contributed by atoms with van der Waals surface area (Å²) in [5.41, 5.74) is 0.473. The molecule has 2 aromatic heterocycles. The summed E-state index contributed by atoms with van der Waals surface area (Å²) in [5.74, 6) is 0.570. The summed E-state index contributed by atoms with van der Waals surface area (Å²) in [6, 6.07) is 0. The number of H-pyrrole nitrogens is 1. The minimum atomic E-state index is -0.374. The van der Waals surface area contributed by atoms with E-state index in [0.717, 1.165) is 12.8 Å². The molecular formula is C15H20N2O3S. The van der Waals surface area contributed by atoms with Crippen molar-refractivity contribution < 1.29 is 9.53 Å². The van der Waals surface area contributed by atoms with E-state index in [1.165, 1.54) is 11.3 Å². The summed E-state index contributed by atoms with van der Waals surface area (Å²) >= 11 is 1.23. The van der Waals surface area contributed by atoms with Crippen molar-refractivity contribution in [3.63, 3.8) is 0 Å². The summed E-state index contributed by atoms with van der Waals surface area (Å²) in [6.45, 7) is 8.12. The van der Waals surface area contributed by atoms with Crippen molar-refractivity contribution in [1.82, 2.24) is 9.97 Å². The number of ether oxygens (including phenoxy) is 1. The van der Waals surface area contributed by atoms with Crippen LogP contribution in [0.3, 0.4) is 0 Å². The molecule has 2 heterocycles. The normalized spacial score (nSPS) is 11.3. The Morgan fingerprint density at radius 1 is 1.43 bits per heavy atom. The van der Waals surface area contributed by atoms with Gasteiger partial charge < -0.3 is 9.72 Å². The molecule has 0 aliphatic heterocycles. The third kappa shape index (κ3) is 3.32. The molecule has 0 aliphatic carbocycles. The molecule has 0 aliphatic rings. The first-order valence-corrected chi connectivity index (χ1v) is 7.95. The minimum Gasteiger partial charge on any atom is -0.461 e. The molecule has 5 nitrogen and oxygen atoms in total. The number of nitrogens with one attached hydrogen (secondary N) is 1. The molecule has 0 bridgehead atoms. The van der Waals surface area contributed by atoms with Crippen LogP contribution in [0.4, 0.5) is 0 Å². The first-order chi connectivity index (χ1) is 9.93. The molecule has 6 heteroatoms. The molecular weight excluding hydrogens is 288 g/mol. The lowest BCUT2D eigenvalue weighted by Crippen LogP contribution is -2.12. The second-order valence-corrected chi connectivity index (χ2v) is 6.49. The molecule has 0 fully saturated rings. The number of aromatic amines is 1. The summed E-state index contributed by atoms with van der Waals surface area (Å²) < 4.78 is 5.25. The van der Waals surface area contributed by atoms with Crippen molar-refractivity contribution in [2.75, 3.05) is 6.61 Å². The molecule has 0 atom stereocenters. The number of aryl methyl sites for hydroxylation is 2. The van der Waals surface area contributed by atoms with Gasteiger partial charge in [-0.2, -0.15) is 0 Å². The van der Waals surface area contributed by atoms with E-state index in [-0.39, 0.29) is 17.4 Å². The molecule has 0 amide bonds. The van der Waals surface area contributed by atoms with Crippen molar-refractivity contribution in [2.45, 2.75) is 40.5 Å². The Balaban J connectivity index is 2.43. The minimum absolute atomic E-state index is 0.180. The Bertz CT molecular complexity index is 716. The zero-order valence-corrected chi connectivity index (χ0v) is 13.6. The summed E-state index contributed by atoms with van der Waals surface area (Å²) in [7, 11) is 0. The molecule has 0 radical (unpaired) electrons. The fourth-order valence-electron chi connectivity index (χ4n) is 2.05. The predicted octanol–water partition coefficient (Wildman–Crippen LogP) is 3.06. The quantitative estimate of drug-likeness (QED) is 0.862. The van der Waals surface area contributed by atoms with Gasteiger partial charge in [-0.25, -0.2) is 9.78 Å². The number of carbonyl (C=O) groups is 1. The number of hydrogen-bond acceptors (Lipinski definition) is 5. The van der Waals surface area contributed by atoms with E-state index in [0.29, 0.717) is 33.1 Å². The number of thiophene rings is 1. The van der Waals surface area contributed by atoms with Crippen molar-refractivity contribution in [3.8, 4) is 0 Å².